The average molecular weight is 303 g/mol. The molecule has 0 aliphatic rings. The molecule has 1 rings (SSSR count). The Labute approximate surface area is 108 Å². The number of aromatic nitrogens is 1. The quantitative estimate of drug-likeness (QED) is 0.685. The normalized spacial score (nSPS) is 14.7. The molecule has 1 aromatic heterocycles. The van der Waals surface area contributed by atoms with E-state index < -0.39 is 11.0 Å². The molecule has 1 N–H and O–H groups in total. The van der Waals surface area contributed by atoms with Crippen LogP contribution in [0.15, 0.2) is 16.7 Å². The maximum absolute atomic E-state index is 10.6. The summed E-state index contributed by atoms with van der Waals surface area (Å²) in [6.45, 7) is 5.65. The van der Waals surface area contributed by atoms with Gasteiger partial charge in [-0.2, -0.15) is 0 Å². The number of pyridine rings is 1. The molecule has 0 aromatic carbocycles. The Kier molecular flexibility index (Phi) is 4.59. The molecule has 17 heavy (non-hydrogen) atoms. The Bertz CT molecular complexity index is 413. The molecule has 0 bridgehead atoms. The van der Waals surface area contributed by atoms with Gasteiger partial charge in [0.25, 0.3) is 5.69 Å². The van der Waals surface area contributed by atoms with Crippen LogP contribution in [0.4, 0.5) is 5.69 Å². The Balaban J connectivity index is 3.18. The van der Waals surface area contributed by atoms with Gasteiger partial charge in [0.2, 0.25) is 0 Å². The first-order valence-electron chi connectivity index (χ1n) is 5.32. The average Bonchev–Trinajstić information content (AvgIpc) is 2.19. The highest BCUT2D eigenvalue weighted by Gasteiger charge is 2.25. The fraction of sp³-hybridized carbons (Fsp3) is 0.545. The standard InChI is InChI=1S/C11H15BrN2O3/c1-6(2)10(7(3)15)11-9(12)4-8(5-13-11)14(16)17/h4-7,10,15H,1-3H3. The maximum Gasteiger partial charge on any atom is 0.288 e. The van der Waals surface area contributed by atoms with E-state index in [1.807, 2.05) is 13.8 Å². The third kappa shape index (κ3) is 3.23. The van der Waals surface area contributed by atoms with E-state index >= 15 is 0 Å². The van der Waals surface area contributed by atoms with Gasteiger partial charge in [-0.1, -0.05) is 13.8 Å². The lowest BCUT2D eigenvalue weighted by atomic mass is 9.87. The molecule has 1 heterocycles. The van der Waals surface area contributed by atoms with Gasteiger partial charge in [-0.15, -0.1) is 0 Å². The van der Waals surface area contributed by atoms with Crippen molar-refractivity contribution in [2.45, 2.75) is 32.8 Å². The fourth-order valence-electron chi connectivity index (χ4n) is 1.88. The predicted molar refractivity (Wildman–Crippen MR) is 67.9 cm³/mol. The van der Waals surface area contributed by atoms with Crippen molar-refractivity contribution in [3.05, 3.63) is 32.5 Å². The molecule has 1 aromatic rings. The third-order valence-electron chi connectivity index (χ3n) is 2.62. The van der Waals surface area contributed by atoms with Crippen LogP contribution in [0, 0.1) is 16.0 Å². The molecular weight excluding hydrogens is 288 g/mol. The summed E-state index contributed by atoms with van der Waals surface area (Å²) >= 11 is 3.27. The number of halogens is 1. The van der Waals surface area contributed by atoms with Gasteiger partial charge in [0.15, 0.2) is 0 Å². The molecule has 0 aliphatic carbocycles. The van der Waals surface area contributed by atoms with Gasteiger partial charge in [0.1, 0.15) is 6.20 Å². The van der Waals surface area contributed by atoms with E-state index in [1.165, 1.54) is 12.3 Å². The van der Waals surface area contributed by atoms with Crippen LogP contribution in [0.5, 0.6) is 0 Å². The van der Waals surface area contributed by atoms with Crippen molar-refractivity contribution in [2.75, 3.05) is 0 Å². The highest BCUT2D eigenvalue weighted by Crippen LogP contribution is 2.33. The van der Waals surface area contributed by atoms with E-state index in [0.29, 0.717) is 10.2 Å². The van der Waals surface area contributed by atoms with Crippen LogP contribution < -0.4 is 0 Å². The van der Waals surface area contributed by atoms with Gasteiger partial charge in [-0.25, -0.2) is 0 Å². The first-order chi connectivity index (χ1) is 7.84. The van der Waals surface area contributed by atoms with Crippen molar-refractivity contribution in [3.8, 4) is 0 Å². The second-order valence-corrected chi connectivity index (χ2v) is 5.18. The summed E-state index contributed by atoms with van der Waals surface area (Å²) in [5.74, 6) is 0.0467. The molecule has 0 saturated heterocycles. The van der Waals surface area contributed by atoms with Gasteiger partial charge < -0.3 is 5.11 Å². The molecule has 0 radical (unpaired) electrons. The van der Waals surface area contributed by atoms with Crippen molar-refractivity contribution in [3.63, 3.8) is 0 Å². The van der Waals surface area contributed by atoms with E-state index in [1.54, 1.807) is 6.92 Å². The van der Waals surface area contributed by atoms with Crippen molar-refractivity contribution in [1.82, 2.24) is 4.98 Å². The largest absolute Gasteiger partial charge is 0.393 e. The molecule has 2 unspecified atom stereocenters. The first-order valence-corrected chi connectivity index (χ1v) is 6.11. The molecule has 94 valence electrons. The summed E-state index contributed by atoms with van der Waals surface area (Å²) in [5, 5.41) is 20.3. The number of aliphatic hydroxyl groups excluding tert-OH is 1. The summed E-state index contributed by atoms with van der Waals surface area (Å²) in [5.41, 5.74) is 0.592. The Hall–Kier alpha value is -1.01. The summed E-state index contributed by atoms with van der Waals surface area (Å²) < 4.78 is 0.561. The zero-order valence-corrected chi connectivity index (χ0v) is 11.5. The van der Waals surface area contributed by atoms with Crippen LogP contribution in [-0.4, -0.2) is 21.1 Å². The number of hydrogen-bond acceptors (Lipinski definition) is 4. The summed E-state index contributed by atoms with van der Waals surface area (Å²) in [4.78, 5) is 14.2. The van der Waals surface area contributed by atoms with Gasteiger partial charge in [0, 0.05) is 16.5 Å². The summed E-state index contributed by atoms with van der Waals surface area (Å²) in [7, 11) is 0. The van der Waals surface area contributed by atoms with Crippen molar-refractivity contribution in [1.29, 1.82) is 0 Å². The van der Waals surface area contributed by atoms with Gasteiger partial charge in [-0.3, -0.25) is 15.1 Å². The molecule has 0 fully saturated rings. The van der Waals surface area contributed by atoms with Crippen LogP contribution in [0.1, 0.15) is 32.4 Å². The molecule has 6 heteroatoms. The zero-order valence-electron chi connectivity index (χ0n) is 9.92. The highest BCUT2D eigenvalue weighted by molar-refractivity contribution is 9.10. The topological polar surface area (TPSA) is 76.3 Å². The van der Waals surface area contributed by atoms with Gasteiger partial charge in [-0.05, 0) is 28.8 Å². The summed E-state index contributed by atoms with van der Waals surface area (Å²) in [6.07, 6.45) is 0.665. The van der Waals surface area contributed by atoms with E-state index in [2.05, 4.69) is 20.9 Å². The van der Waals surface area contributed by atoms with Crippen LogP contribution in [0.2, 0.25) is 0 Å². The monoisotopic (exact) mass is 302 g/mol. The zero-order chi connectivity index (χ0) is 13.2. The first kappa shape index (κ1) is 14.1. The van der Waals surface area contributed by atoms with Gasteiger partial charge in [0.05, 0.1) is 16.7 Å². The Morgan fingerprint density at radius 3 is 2.41 bits per heavy atom. The Morgan fingerprint density at radius 2 is 2.06 bits per heavy atom. The van der Waals surface area contributed by atoms with E-state index in [0.717, 1.165) is 0 Å². The minimum Gasteiger partial charge on any atom is -0.393 e. The molecule has 0 saturated carbocycles. The lowest BCUT2D eigenvalue weighted by molar-refractivity contribution is -0.385. The number of rotatable bonds is 4. The number of hydrogen-bond donors (Lipinski definition) is 1. The van der Waals surface area contributed by atoms with E-state index in [-0.39, 0.29) is 17.5 Å². The van der Waals surface area contributed by atoms with Crippen molar-refractivity contribution in [2.24, 2.45) is 5.92 Å². The maximum atomic E-state index is 10.6. The fourth-order valence-corrected chi connectivity index (χ4v) is 2.49. The molecule has 0 spiro atoms. The molecule has 2 atom stereocenters. The number of nitro groups is 1. The minimum absolute atomic E-state index is 0.0614. The minimum atomic E-state index is -0.555. The number of aliphatic hydroxyl groups is 1. The van der Waals surface area contributed by atoms with Crippen LogP contribution in [-0.2, 0) is 0 Å². The third-order valence-corrected chi connectivity index (χ3v) is 3.25. The van der Waals surface area contributed by atoms with E-state index in [4.69, 9.17) is 0 Å². The molecule has 0 amide bonds. The lowest BCUT2D eigenvalue weighted by Crippen LogP contribution is -2.21. The number of nitrogens with zero attached hydrogens (tertiary/aromatic N) is 2. The second kappa shape index (κ2) is 5.55. The predicted octanol–water partition coefficient (Wildman–Crippen LogP) is 2.87. The second-order valence-electron chi connectivity index (χ2n) is 4.33. The lowest BCUT2D eigenvalue weighted by Gasteiger charge is -2.23. The molecule has 5 nitrogen and oxygen atoms in total. The highest BCUT2D eigenvalue weighted by atomic mass is 79.9. The molecule has 0 aliphatic heterocycles. The summed E-state index contributed by atoms with van der Waals surface area (Å²) in [6, 6.07) is 1.42. The SMILES string of the molecule is CC(C)C(c1ncc([N+](=O)[O-])cc1Br)C(C)O. The van der Waals surface area contributed by atoms with Gasteiger partial charge >= 0.3 is 0 Å². The van der Waals surface area contributed by atoms with Crippen molar-refractivity contribution >= 4 is 21.6 Å². The van der Waals surface area contributed by atoms with Crippen LogP contribution in [0.3, 0.4) is 0 Å². The smallest absolute Gasteiger partial charge is 0.288 e. The van der Waals surface area contributed by atoms with Crippen LogP contribution in [0.25, 0.3) is 0 Å². The van der Waals surface area contributed by atoms with Crippen LogP contribution >= 0.6 is 15.9 Å². The van der Waals surface area contributed by atoms with E-state index in [9.17, 15) is 15.2 Å². The van der Waals surface area contributed by atoms with Crippen molar-refractivity contribution < 1.29 is 10.0 Å². The molecular formula is C11H15BrN2O3. The Morgan fingerprint density at radius 1 is 1.47 bits per heavy atom.